The number of nitriles is 1. The minimum absolute atomic E-state index is 0.404. The average molecular weight is 314 g/mol. The van der Waals surface area contributed by atoms with Crippen LogP contribution in [0.2, 0.25) is 5.02 Å². The molecular formula is C17H16ClN3O. The highest BCUT2D eigenvalue weighted by Crippen LogP contribution is 2.24. The van der Waals surface area contributed by atoms with Crippen LogP contribution < -0.4 is 11.1 Å². The summed E-state index contributed by atoms with van der Waals surface area (Å²) in [6, 6.07) is 16.3. The lowest BCUT2D eigenvalue weighted by atomic mass is 9.91. The van der Waals surface area contributed by atoms with Gasteiger partial charge in [0.2, 0.25) is 5.91 Å². The minimum atomic E-state index is -1.05. The highest BCUT2D eigenvalue weighted by Gasteiger charge is 2.32. The van der Waals surface area contributed by atoms with E-state index < -0.39 is 11.4 Å². The van der Waals surface area contributed by atoms with Crippen molar-refractivity contribution in [2.24, 2.45) is 5.73 Å². The lowest BCUT2D eigenvalue weighted by molar-refractivity contribution is -0.124. The van der Waals surface area contributed by atoms with Crippen molar-refractivity contribution in [3.05, 3.63) is 70.2 Å². The Hall–Kier alpha value is -2.35. The quantitative estimate of drug-likeness (QED) is 0.890. The summed E-state index contributed by atoms with van der Waals surface area (Å²) in [5, 5.41) is 12.6. The van der Waals surface area contributed by atoms with Crippen LogP contribution in [0.3, 0.4) is 0 Å². The number of nitrogens with two attached hydrogens (primary N) is 1. The van der Waals surface area contributed by atoms with Gasteiger partial charge in [0.15, 0.2) is 0 Å². The monoisotopic (exact) mass is 313 g/mol. The summed E-state index contributed by atoms with van der Waals surface area (Å²) < 4.78 is 0. The van der Waals surface area contributed by atoms with E-state index in [1.54, 1.807) is 49.4 Å². The predicted molar refractivity (Wildman–Crippen MR) is 86.0 cm³/mol. The van der Waals surface area contributed by atoms with Gasteiger partial charge in [0.1, 0.15) is 5.54 Å². The van der Waals surface area contributed by atoms with E-state index in [9.17, 15) is 4.79 Å². The molecule has 112 valence electrons. The summed E-state index contributed by atoms with van der Waals surface area (Å²) in [6.07, 6.45) is 0. The number of rotatable bonds is 5. The van der Waals surface area contributed by atoms with Gasteiger partial charge in [-0.25, -0.2) is 0 Å². The van der Waals surface area contributed by atoms with E-state index in [-0.39, 0.29) is 0 Å². The fourth-order valence-corrected chi connectivity index (χ4v) is 2.35. The zero-order valence-corrected chi connectivity index (χ0v) is 12.9. The number of benzene rings is 2. The first kappa shape index (κ1) is 16.0. The molecule has 0 saturated heterocycles. The Kier molecular flexibility index (Phi) is 4.81. The Balaban J connectivity index is 2.26. The van der Waals surface area contributed by atoms with E-state index in [1.807, 2.05) is 6.07 Å². The Morgan fingerprint density at radius 2 is 2.05 bits per heavy atom. The molecule has 5 heteroatoms. The second kappa shape index (κ2) is 6.61. The Morgan fingerprint density at radius 1 is 1.32 bits per heavy atom. The largest absolute Gasteiger partial charge is 0.368 e. The number of carbonyl (C=O) groups is 1. The Morgan fingerprint density at radius 3 is 2.68 bits per heavy atom. The molecule has 2 aromatic rings. The first-order valence-electron chi connectivity index (χ1n) is 6.76. The number of nitrogens with one attached hydrogen (secondary N) is 1. The van der Waals surface area contributed by atoms with E-state index in [2.05, 4.69) is 11.4 Å². The van der Waals surface area contributed by atoms with Gasteiger partial charge in [0.25, 0.3) is 0 Å². The topological polar surface area (TPSA) is 78.9 Å². The van der Waals surface area contributed by atoms with E-state index in [1.165, 1.54) is 0 Å². The first-order chi connectivity index (χ1) is 10.5. The zero-order chi connectivity index (χ0) is 16.2. The van der Waals surface area contributed by atoms with Gasteiger partial charge in [-0.1, -0.05) is 35.9 Å². The van der Waals surface area contributed by atoms with Crippen molar-refractivity contribution in [1.29, 1.82) is 5.26 Å². The fourth-order valence-electron chi connectivity index (χ4n) is 2.16. The number of amides is 1. The smallest absolute Gasteiger partial charge is 0.242 e. The van der Waals surface area contributed by atoms with Crippen LogP contribution in [0, 0.1) is 11.3 Å². The normalized spacial score (nSPS) is 13.1. The fraction of sp³-hybridized carbons (Fsp3) is 0.176. The van der Waals surface area contributed by atoms with Gasteiger partial charge < -0.3 is 5.73 Å². The second-order valence-electron chi connectivity index (χ2n) is 5.17. The molecule has 22 heavy (non-hydrogen) atoms. The third-order valence-corrected chi connectivity index (χ3v) is 3.83. The molecule has 4 nitrogen and oxygen atoms in total. The molecule has 0 heterocycles. The van der Waals surface area contributed by atoms with Crippen molar-refractivity contribution in [3.63, 3.8) is 0 Å². The van der Waals surface area contributed by atoms with Crippen LogP contribution in [0.15, 0.2) is 48.5 Å². The van der Waals surface area contributed by atoms with Gasteiger partial charge in [0, 0.05) is 11.6 Å². The number of hydrogen-bond acceptors (Lipinski definition) is 3. The van der Waals surface area contributed by atoms with Gasteiger partial charge in [0.05, 0.1) is 11.6 Å². The minimum Gasteiger partial charge on any atom is -0.368 e. The van der Waals surface area contributed by atoms with E-state index in [0.717, 1.165) is 5.56 Å². The van der Waals surface area contributed by atoms with Crippen LogP contribution in [0.1, 0.15) is 23.6 Å². The lowest BCUT2D eigenvalue weighted by Crippen LogP contribution is -2.50. The lowest BCUT2D eigenvalue weighted by Gasteiger charge is -2.28. The van der Waals surface area contributed by atoms with Gasteiger partial charge >= 0.3 is 0 Å². The van der Waals surface area contributed by atoms with Crippen molar-refractivity contribution in [1.82, 2.24) is 5.32 Å². The molecule has 0 radical (unpaired) electrons. The van der Waals surface area contributed by atoms with Gasteiger partial charge in [-0.05, 0) is 42.3 Å². The summed E-state index contributed by atoms with van der Waals surface area (Å²) in [5.74, 6) is -0.494. The van der Waals surface area contributed by atoms with Crippen LogP contribution in [-0.2, 0) is 16.9 Å². The van der Waals surface area contributed by atoms with Gasteiger partial charge in [-0.15, -0.1) is 0 Å². The molecule has 2 aromatic carbocycles. The van der Waals surface area contributed by atoms with Crippen molar-refractivity contribution >= 4 is 17.5 Å². The van der Waals surface area contributed by atoms with Crippen LogP contribution in [0.25, 0.3) is 0 Å². The van der Waals surface area contributed by atoms with E-state index in [0.29, 0.717) is 22.7 Å². The summed E-state index contributed by atoms with van der Waals surface area (Å²) >= 11 is 6.00. The van der Waals surface area contributed by atoms with Crippen molar-refractivity contribution in [2.45, 2.75) is 19.0 Å². The van der Waals surface area contributed by atoms with Crippen LogP contribution in [0.5, 0.6) is 0 Å². The molecule has 0 aliphatic carbocycles. The number of halogens is 1. The molecule has 1 amide bonds. The van der Waals surface area contributed by atoms with Crippen LogP contribution in [0.4, 0.5) is 0 Å². The summed E-state index contributed by atoms with van der Waals surface area (Å²) in [6.45, 7) is 2.12. The third kappa shape index (κ3) is 3.45. The average Bonchev–Trinajstić information content (AvgIpc) is 2.52. The van der Waals surface area contributed by atoms with E-state index >= 15 is 0 Å². The summed E-state index contributed by atoms with van der Waals surface area (Å²) in [5.41, 5.74) is 6.70. The maximum Gasteiger partial charge on any atom is 0.242 e. The molecule has 0 saturated carbocycles. The predicted octanol–water partition coefficient (Wildman–Crippen LogP) is 2.70. The molecule has 0 bridgehead atoms. The highest BCUT2D eigenvalue weighted by atomic mass is 35.5. The number of nitrogens with zero attached hydrogens (tertiary/aromatic N) is 1. The molecule has 0 aliphatic rings. The molecule has 0 fully saturated rings. The summed E-state index contributed by atoms with van der Waals surface area (Å²) in [4.78, 5) is 11.9. The zero-order valence-electron chi connectivity index (χ0n) is 12.1. The van der Waals surface area contributed by atoms with Crippen LogP contribution >= 0.6 is 11.6 Å². The molecule has 1 atom stereocenters. The number of primary amides is 1. The first-order valence-corrected chi connectivity index (χ1v) is 7.13. The van der Waals surface area contributed by atoms with Gasteiger partial charge in [-0.2, -0.15) is 5.26 Å². The third-order valence-electron chi connectivity index (χ3n) is 3.60. The van der Waals surface area contributed by atoms with Gasteiger partial charge in [-0.3, -0.25) is 10.1 Å². The SMILES string of the molecule is C[C@@](NCc1cccc(C#N)c1)(C(N)=O)c1cccc(Cl)c1. The Labute approximate surface area is 134 Å². The maximum atomic E-state index is 11.9. The number of carbonyl (C=O) groups excluding carboxylic acids is 1. The maximum absolute atomic E-state index is 11.9. The number of hydrogen-bond donors (Lipinski definition) is 2. The molecular weight excluding hydrogens is 298 g/mol. The Bertz CT molecular complexity index is 739. The molecule has 0 aromatic heterocycles. The molecule has 0 unspecified atom stereocenters. The molecule has 0 aliphatic heterocycles. The van der Waals surface area contributed by atoms with Crippen molar-refractivity contribution < 1.29 is 4.79 Å². The van der Waals surface area contributed by atoms with Crippen molar-refractivity contribution in [3.8, 4) is 6.07 Å². The van der Waals surface area contributed by atoms with Crippen molar-refractivity contribution in [2.75, 3.05) is 0 Å². The molecule has 3 N–H and O–H groups in total. The summed E-state index contributed by atoms with van der Waals surface area (Å²) in [7, 11) is 0. The highest BCUT2D eigenvalue weighted by molar-refractivity contribution is 6.30. The standard InChI is InChI=1S/C17H16ClN3O/c1-17(16(20)22,14-6-3-7-15(18)9-14)21-11-13-5-2-4-12(8-13)10-19/h2-9,21H,11H2,1H3,(H2,20,22)/t17-/m0/s1. The van der Waals surface area contributed by atoms with E-state index in [4.69, 9.17) is 22.6 Å². The molecule has 0 spiro atoms. The second-order valence-corrected chi connectivity index (χ2v) is 5.60. The molecule has 2 rings (SSSR count). The van der Waals surface area contributed by atoms with Crippen LogP contribution in [-0.4, -0.2) is 5.91 Å².